The van der Waals surface area contributed by atoms with Crippen molar-refractivity contribution >= 4 is 17.3 Å². The van der Waals surface area contributed by atoms with Gasteiger partial charge in [-0.15, -0.1) is 0 Å². The molecule has 1 fully saturated rings. The molecule has 122 valence electrons. The van der Waals surface area contributed by atoms with Gasteiger partial charge in [-0.25, -0.2) is 5.10 Å². The zero-order valence-corrected chi connectivity index (χ0v) is 13.5. The molecular weight excluding hydrogens is 316 g/mol. The first kappa shape index (κ1) is 15.8. The Bertz CT molecular complexity index is 684. The van der Waals surface area contributed by atoms with Gasteiger partial charge in [-0.1, -0.05) is 29.8 Å². The van der Waals surface area contributed by atoms with Gasteiger partial charge in [0, 0.05) is 32.7 Å². The first-order valence-electron chi connectivity index (χ1n) is 7.62. The van der Waals surface area contributed by atoms with Crippen molar-refractivity contribution in [2.45, 2.75) is 0 Å². The van der Waals surface area contributed by atoms with E-state index < -0.39 is 0 Å². The Morgan fingerprint density at radius 1 is 1.17 bits per heavy atom. The summed E-state index contributed by atoms with van der Waals surface area (Å²) in [6.07, 6.45) is 1.47. The van der Waals surface area contributed by atoms with E-state index in [0.29, 0.717) is 17.3 Å². The van der Waals surface area contributed by atoms with Crippen LogP contribution in [-0.2, 0) is 0 Å². The fourth-order valence-corrected chi connectivity index (χ4v) is 2.92. The van der Waals surface area contributed by atoms with Gasteiger partial charge in [0.1, 0.15) is 18.0 Å². The third-order valence-corrected chi connectivity index (χ3v) is 4.17. The molecule has 0 unspecified atom stereocenters. The molecule has 1 aliphatic heterocycles. The minimum atomic E-state index is -0.238. The molecule has 0 aliphatic carbocycles. The molecule has 0 atom stereocenters. The second-order valence-electron chi connectivity index (χ2n) is 5.39. The number of piperazine rings is 1. The Kier molecular flexibility index (Phi) is 5.15. The molecule has 2 heterocycles. The largest absolute Gasteiger partial charge is 0.492 e. The summed E-state index contributed by atoms with van der Waals surface area (Å²) in [4.78, 5) is 16.2. The molecule has 6 nitrogen and oxygen atoms in total. The van der Waals surface area contributed by atoms with Crippen molar-refractivity contribution in [3.05, 3.63) is 51.9 Å². The van der Waals surface area contributed by atoms with E-state index in [9.17, 15) is 4.79 Å². The molecule has 7 heteroatoms. The summed E-state index contributed by atoms with van der Waals surface area (Å²) in [7, 11) is 0. The molecule has 1 saturated heterocycles. The highest BCUT2D eigenvalue weighted by atomic mass is 35.5. The molecular formula is C16H19ClN4O2. The average molecular weight is 335 g/mol. The summed E-state index contributed by atoms with van der Waals surface area (Å²) in [5.74, 6) is 0.890. The van der Waals surface area contributed by atoms with E-state index in [4.69, 9.17) is 16.3 Å². The maximum atomic E-state index is 11.9. The smallest absolute Gasteiger partial charge is 0.289 e. The number of rotatable bonds is 5. The highest BCUT2D eigenvalue weighted by Crippen LogP contribution is 2.20. The van der Waals surface area contributed by atoms with Crippen LogP contribution < -0.4 is 15.2 Å². The van der Waals surface area contributed by atoms with Gasteiger partial charge in [0.05, 0.1) is 11.2 Å². The summed E-state index contributed by atoms with van der Waals surface area (Å²) < 4.78 is 5.72. The Labute approximate surface area is 139 Å². The van der Waals surface area contributed by atoms with Crippen LogP contribution in [0.4, 0.5) is 5.69 Å². The number of hydrogen-bond acceptors (Lipinski definition) is 5. The molecule has 1 aromatic heterocycles. The van der Waals surface area contributed by atoms with Crippen molar-refractivity contribution in [1.82, 2.24) is 15.1 Å². The van der Waals surface area contributed by atoms with Crippen LogP contribution in [0.5, 0.6) is 5.75 Å². The standard InChI is InChI=1S/C16H19ClN4O2/c17-14-12-18-19-16(22)15(14)21-8-6-20(7-9-21)10-11-23-13-4-2-1-3-5-13/h1-5,12H,6-11H2,(H,19,22). The number of aromatic nitrogens is 2. The summed E-state index contributed by atoms with van der Waals surface area (Å²) in [5.41, 5.74) is 0.278. The fraction of sp³-hybridized carbons (Fsp3) is 0.375. The Morgan fingerprint density at radius 3 is 2.61 bits per heavy atom. The molecule has 1 aliphatic rings. The van der Waals surface area contributed by atoms with Gasteiger partial charge >= 0.3 is 0 Å². The number of para-hydroxylation sites is 1. The fourth-order valence-electron chi connectivity index (χ4n) is 2.67. The summed E-state index contributed by atoms with van der Waals surface area (Å²) in [5, 5.41) is 6.53. The van der Waals surface area contributed by atoms with E-state index in [1.54, 1.807) is 0 Å². The van der Waals surface area contributed by atoms with Crippen LogP contribution in [-0.4, -0.2) is 54.4 Å². The van der Waals surface area contributed by atoms with Crippen LogP contribution in [0.15, 0.2) is 41.3 Å². The molecule has 0 amide bonds. The maximum absolute atomic E-state index is 11.9. The second kappa shape index (κ2) is 7.48. The number of ether oxygens (including phenoxy) is 1. The first-order valence-corrected chi connectivity index (χ1v) is 8.00. The van der Waals surface area contributed by atoms with Crippen molar-refractivity contribution in [1.29, 1.82) is 0 Å². The van der Waals surface area contributed by atoms with E-state index >= 15 is 0 Å². The molecule has 0 spiro atoms. The van der Waals surface area contributed by atoms with Gasteiger partial charge in [-0.2, -0.15) is 5.10 Å². The Hall–Kier alpha value is -2.05. The van der Waals surface area contributed by atoms with Crippen molar-refractivity contribution in [2.24, 2.45) is 0 Å². The van der Waals surface area contributed by atoms with Crippen molar-refractivity contribution in [3.63, 3.8) is 0 Å². The molecule has 1 aromatic carbocycles. The number of benzene rings is 1. The lowest BCUT2D eigenvalue weighted by molar-refractivity contribution is 0.200. The van der Waals surface area contributed by atoms with Crippen molar-refractivity contribution < 1.29 is 4.74 Å². The summed E-state index contributed by atoms with van der Waals surface area (Å²) >= 11 is 6.09. The predicted molar refractivity (Wildman–Crippen MR) is 90.5 cm³/mol. The van der Waals surface area contributed by atoms with Crippen molar-refractivity contribution in [3.8, 4) is 5.75 Å². The van der Waals surface area contributed by atoms with Gasteiger partial charge in [-0.05, 0) is 12.1 Å². The zero-order chi connectivity index (χ0) is 16.1. The lowest BCUT2D eigenvalue weighted by Crippen LogP contribution is -2.49. The third-order valence-electron chi connectivity index (χ3n) is 3.89. The molecule has 3 rings (SSSR count). The van der Waals surface area contributed by atoms with Crippen LogP contribution >= 0.6 is 11.6 Å². The monoisotopic (exact) mass is 334 g/mol. The van der Waals surface area contributed by atoms with Crippen molar-refractivity contribution in [2.75, 3.05) is 44.2 Å². The van der Waals surface area contributed by atoms with Crippen LogP contribution in [0.25, 0.3) is 0 Å². The minimum absolute atomic E-state index is 0.238. The number of hydrogen-bond donors (Lipinski definition) is 1. The molecule has 23 heavy (non-hydrogen) atoms. The second-order valence-corrected chi connectivity index (χ2v) is 5.79. The summed E-state index contributed by atoms with van der Waals surface area (Å²) in [6, 6.07) is 9.80. The Morgan fingerprint density at radius 2 is 1.91 bits per heavy atom. The van der Waals surface area contributed by atoms with Gasteiger partial charge in [-0.3, -0.25) is 9.69 Å². The quantitative estimate of drug-likeness (QED) is 0.900. The van der Waals surface area contributed by atoms with Crippen LogP contribution in [0.2, 0.25) is 5.02 Å². The third kappa shape index (κ3) is 4.03. The lowest BCUT2D eigenvalue weighted by Gasteiger charge is -2.35. The van der Waals surface area contributed by atoms with E-state index in [0.717, 1.165) is 38.5 Å². The van der Waals surface area contributed by atoms with E-state index in [-0.39, 0.29) is 5.56 Å². The zero-order valence-electron chi connectivity index (χ0n) is 12.7. The maximum Gasteiger partial charge on any atom is 0.289 e. The molecule has 0 bridgehead atoms. The SMILES string of the molecule is O=c1[nH]ncc(Cl)c1N1CCN(CCOc2ccccc2)CC1. The number of aromatic amines is 1. The van der Waals surface area contributed by atoms with Crippen LogP contribution in [0.1, 0.15) is 0 Å². The lowest BCUT2D eigenvalue weighted by atomic mass is 10.3. The normalized spacial score (nSPS) is 15.6. The van der Waals surface area contributed by atoms with Gasteiger partial charge in [0.15, 0.2) is 0 Å². The number of nitrogens with zero attached hydrogens (tertiary/aromatic N) is 3. The summed E-state index contributed by atoms with van der Waals surface area (Å²) in [6.45, 7) is 4.78. The topological polar surface area (TPSA) is 61.5 Å². The molecule has 2 aromatic rings. The van der Waals surface area contributed by atoms with E-state index in [1.165, 1.54) is 6.20 Å². The average Bonchev–Trinajstić information content (AvgIpc) is 2.57. The number of halogens is 1. The number of nitrogens with one attached hydrogen (secondary N) is 1. The van der Waals surface area contributed by atoms with Crippen LogP contribution in [0, 0.1) is 0 Å². The molecule has 1 N–H and O–H groups in total. The highest BCUT2D eigenvalue weighted by Gasteiger charge is 2.21. The van der Waals surface area contributed by atoms with E-state index in [1.807, 2.05) is 35.2 Å². The molecule has 0 radical (unpaired) electrons. The Balaban J connectivity index is 1.48. The highest BCUT2D eigenvalue weighted by molar-refractivity contribution is 6.33. The van der Waals surface area contributed by atoms with Gasteiger partial charge in [0.25, 0.3) is 5.56 Å². The van der Waals surface area contributed by atoms with Gasteiger partial charge < -0.3 is 9.64 Å². The number of H-pyrrole nitrogens is 1. The molecule has 0 saturated carbocycles. The van der Waals surface area contributed by atoms with Gasteiger partial charge in [0.2, 0.25) is 0 Å². The number of anilines is 1. The predicted octanol–water partition coefficient (Wildman–Crippen LogP) is 1.62. The van der Waals surface area contributed by atoms with Crippen LogP contribution in [0.3, 0.4) is 0 Å². The minimum Gasteiger partial charge on any atom is -0.492 e. The van der Waals surface area contributed by atoms with E-state index in [2.05, 4.69) is 15.1 Å². The first-order chi connectivity index (χ1) is 11.2.